The van der Waals surface area contributed by atoms with Gasteiger partial charge in [-0.3, -0.25) is 0 Å². The zero-order chi connectivity index (χ0) is 17.8. The Morgan fingerprint density at radius 3 is 2.13 bits per heavy atom. The van der Waals surface area contributed by atoms with Gasteiger partial charge >= 0.3 is 17.6 Å². The monoisotopic (exact) mass is 340 g/mol. The highest BCUT2D eigenvalue weighted by Crippen LogP contribution is 2.28. The average Bonchev–Trinajstić information content (AvgIpc) is 2.50. The van der Waals surface area contributed by atoms with E-state index in [4.69, 9.17) is 20.1 Å². The van der Waals surface area contributed by atoms with Gasteiger partial charge in [-0.1, -0.05) is 0 Å². The zero-order valence-electron chi connectivity index (χ0n) is 12.2. The number of aliphatic carboxylic acids is 2. The second-order valence-electron chi connectivity index (χ2n) is 5.57. The van der Waals surface area contributed by atoms with E-state index in [-0.39, 0.29) is 19.4 Å². The summed E-state index contributed by atoms with van der Waals surface area (Å²) in [5.74, 6) is -4.93. The Morgan fingerprint density at radius 1 is 1.09 bits per heavy atom. The normalized spacial score (nSPS) is 31.8. The Balaban J connectivity index is 2.52. The van der Waals surface area contributed by atoms with Crippen LogP contribution in [0, 0.1) is 5.92 Å². The fourth-order valence-electron chi connectivity index (χ4n) is 2.48. The van der Waals surface area contributed by atoms with E-state index in [1.54, 1.807) is 0 Å². The van der Waals surface area contributed by atoms with E-state index >= 15 is 0 Å². The maximum Gasteiger partial charge on any atom is 0.353 e. The molecule has 1 unspecified atom stereocenters. The van der Waals surface area contributed by atoms with Gasteiger partial charge in [-0.15, -0.1) is 0 Å². The second kappa shape index (κ2) is 7.97. The number of carboxylic acid groups (broad SMARTS) is 2. The minimum atomic E-state index is -3.42. The van der Waals surface area contributed by atoms with Crippen LogP contribution in [-0.4, -0.2) is 85.9 Å². The first-order valence-corrected chi connectivity index (χ1v) is 7.07. The number of hydrogen-bond acceptors (Lipinski definition) is 7. The Labute approximate surface area is 130 Å². The van der Waals surface area contributed by atoms with Crippen LogP contribution >= 0.6 is 0 Å². The molecule has 0 aromatic rings. The van der Waals surface area contributed by atoms with Crippen molar-refractivity contribution in [3.05, 3.63) is 0 Å². The highest BCUT2D eigenvalue weighted by Gasteiger charge is 2.47. The zero-order valence-corrected chi connectivity index (χ0v) is 12.2. The molecule has 0 saturated heterocycles. The summed E-state index contributed by atoms with van der Waals surface area (Å²) < 4.78 is 18.9. The summed E-state index contributed by atoms with van der Waals surface area (Å²) in [6, 6.07) is 0. The highest BCUT2D eigenvalue weighted by molar-refractivity contribution is 6.01. The van der Waals surface area contributed by atoms with Gasteiger partial charge in [-0.2, -0.15) is 0 Å². The second-order valence-corrected chi connectivity index (χ2v) is 5.57. The molecule has 134 valence electrons. The van der Waals surface area contributed by atoms with Crippen molar-refractivity contribution in [2.75, 3.05) is 13.2 Å². The third kappa shape index (κ3) is 4.36. The van der Waals surface area contributed by atoms with Crippen LogP contribution in [0.5, 0.6) is 0 Å². The molecule has 1 fully saturated rings. The molecule has 1 saturated carbocycles. The molecule has 1 aliphatic rings. The minimum absolute atomic E-state index is 0.0362. The molecule has 1 aliphatic carbocycles. The van der Waals surface area contributed by atoms with Crippen molar-refractivity contribution in [3.8, 4) is 0 Å². The Bertz CT molecular complexity index is 414. The van der Waals surface area contributed by atoms with Crippen LogP contribution in [0.1, 0.15) is 19.3 Å². The maximum absolute atomic E-state index is 13.7. The Hall–Kier alpha value is -1.33. The predicted molar refractivity (Wildman–Crippen MR) is 71.3 cm³/mol. The largest absolute Gasteiger partial charge is 0.478 e. The van der Waals surface area contributed by atoms with E-state index in [1.807, 2.05) is 0 Å². The van der Waals surface area contributed by atoms with Crippen LogP contribution in [0.25, 0.3) is 0 Å². The standard InChI is InChI=1S/C13H21FO9/c14-13(11(19)20,12(21)22)2-1-3-23-7-4-6(5-15)8(16)10(18)9(7)17/h6-10,15-18H,1-5H2,(H,19,20)(H,21,22)/t6-,7?,8-,9-,10+/m1/s1. The van der Waals surface area contributed by atoms with Crippen molar-refractivity contribution < 1.29 is 49.4 Å². The number of carboxylic acids is 2. The summed E-state index contributed by atoms with van der Waals surface area (Å²) in [4.78, 5) is 21.3. The SMILES string of the molecule is O=C(O)C(F)(CCCOC1C[C@H](CO)[C@@H](O)[C@H](O)[C@@H]1O)C(=O)O. The maximum atomic E-state index is 13.7. The number of alkyl halides is 1. The van der Waals surface area contributed by atoms with Gasteiger partial charge in [0.25, 0.3) is 0 Å². The summed E-state index contributed by atoms with van der Waals surface area (Å²) in [5.41, 5.74) is -3.42. The number of aliphatic hydroxyl groups is 4. The molecular weight excluding hydrogens is 319 g/mol. The fourth-order valence-corrected chi connectivity index (χ4v) is 2.48. The Kier molecular flexibility index (Phi) is 6.84. The molecule has 0 spiro atoms. The number of halogens is 1. The van der Waals surface area contributed by atoms with Gasteiger partial charge in [0.15, 0.2) is 0 Å². The van der Waals surface area contributed by atoms with Crippen molar-refractivity contribution in [1.82, 2.24) is 0 Å². The molecule has 9 nitrogen and oxygen atoms in total. The van der Waals surface area contributed by atoms with Crippen LogP contribution in [0.2, 0.25) is 0 Å². The van der Waals surface area contributed by atoms with Crippen LogP contribution in [-0.2, 0) is 14.3 Å². The van der Waals surface area contributed by atoms with Crippen LogP contribution in [0.4, 0.5) is 4.39 Å². The van der Waals surface area contributed by atoms with Gasteiger partial charge in [0.2, 0.25) is 0 Å². The molecular formula is C13H21FO9. The molecule has 6 N–H and O–H groups in total. The molecule has 0 aromatic heterocycles. The first kappa shape index (κ1) is 19.7. The summed E-state index contributed by atoms with van der Waals surface area (Å²) in [6.07, 6.45) is -6.25. The number of aliphatic hydroxyl groups excluding tert-OH is 4. The quantitative estimate of drug-likeness (QED) is 0.219. The molecule has 1 rings (SSSR count). The highest BCUT2D eigenvalue weighted by atomic mass is 19.1. The van der Waals surface area contributed by atoms with Crippen molar-refractivity contribution >= 4 is 11.9 Å². The van der Waals surface area contributed by atoms with Crippen molar-refractivity contribution in [2.45, 2.75) is 49.3 Å². The van der Waals surface area contributed by atoms with Gasteiger partial charge in [0.05, 0.1) is 12.2 Å². The van der Waals surface area contributed by atoms with Gasteiger partial charge < -0.3 is 35.4 Å². The summed E-state index contributed by atoms with van der Waals surface area (Å²) in [5, 5.41) is 55.3. The molecule has 0 aliphatic heterocycles. The third-order valence-corrected chi connectivity index (χ3v) is 4.01. The van der Waals surface area contributed by atoms with Crippen LogP contribution < -0.4 is 0 Å². The van der Waals surface area contributed by atoms with E-state index in [1.165, 1.54) is 0 Å². The lowest BCUT2D eigenvalue weighted by Crippen LogP contribution is -2.55. The molecule has 23 heavy (non-hydrogen) atoms. The third-order valence-electron chi connectivity index (χ3n) is 4.01. The Morgan fingerprint density at radius 2 is 1.65 bits per heavy atom. The van der Waals surface area contributed by atoms with E-state index in [2.05, 4.69) is 0 Å². The fraction of sp³-hybridized carbons (Fsp3) is 0.846. The lowest BCUT2D eigenvalue weighted by molar-refractivity contribution is -0.179. The smallest absolute Gasteiger partial charge is 0.353 e. The molecule has 0 radical (unpaired) electrons. The minimum Gasteiger partial charge on any atom is -0.478 e. The topological polar surface area (TPSA) is 165 Å². The van der Waals surface area contributed by atoms with Crippen molar-refractivity contribution in [2.24, 2.45) is 5.92 Å². The first-order chi connectivity index (χ1) is 10.6. The van der Waals surface area contributed by atoms with Crippen molar-refractivity contribution in [3.63, 3.8) is 0 Å². The predicted octanol–water partition coefficient (Wildman–Crippen LogP) is -1.88. The van der Waals surface area contributed by atoms with E-state index < -0.39 is 61.0 Å². The molecule has 0 heterocycles. The van der Waals surface area contributed by atoms with Gasteiger partial charge in [-0.05, 0) is 12.8 Å². The number of rotatable bonds is 8. The average molecular weight is 340 g/mol. The van der Waals surface area contributed by atoms with E-state index in [0.717, 1.165) is 0 Å². The van der Waals surface area contributed by atoms with Gasteiger partial charge in [0.1, 0.15) is 12.2 Å². The van der Waals surface area contributed by atoms with Crippen LogP contribution in [0.3, 0.4) is 0 Å². The first-order valence-electron chi connectivity index (χ1n) is 7.07. The summed E-state index contributed by atoms with van der Waals surface area (Å²) in [7, 11) is 0. The lowest BCUT2D eigenvalue weighted by atomic mass is 9.81. The summed E-state index contributed by atoms with van der Waals surface area (Å²) >= 11 is 0. The lowest BCUT2D eigenvalue weighted by Gasteiger charge is -2.39. The van der Waals surface area contributed by atoms with E-state index in [9.17, 15) is 29.3 Å². The molecule has 0 amide bonds. The number of hydrogen-bond donors (Lipinski definition) is 6. The summed E-state index contributed by atoms with van der Waals surface area (Å²) in [6.45, 7) is -0.689. The van der Waals surface area contributed by atoms with Gasteiger partial charge in [0, 0.05) is 25.6 Å². The molecule has 0 bridgehead atoms. The van der Waals surface area contributed by atoms with Crippen LogP contribution in [0.15, 0.2) is 0 Å². The van der Waals surface area contributed by atoms with E-state index in [0.29, 0.717) is 0 Å². The van der Waals surface area contributed by atoms with Crippen molar-refractivity contribution in [1.29, 1.82) is 0 Å². The van der Waals surface area contributed by atoms with Gasteiger partial charge in [-0.25, -0.2) is 14.0 Å². The molecule has 0 aromatic carbocycles. The number of carbonyl (C=O) groups is 2. The number of ether oxygens (including phenoxy) is 1. The molecule has 10 heteroatoms. The molecule has 5 atom stereocenters.